The summed E-state index contributed by atoms with van der Waals surface area (Å²) in [6.07, 6.45) is 3.05. The Hall–Kier alpha value is -3.72. The molecule has 0 aliphatic carbocycles. The van der Waals surface area contributed by atoms with Crippen LogP contribution in [0.25, 0.3) is 11.0 Å². The lowest BCUT2D eigenvalue weighted by atomic mass is 10.2. The van der Waals surface area contributed by atoms with Gasteiger partial charge in [0.05, 0.1) is 16.6 Å². The predicted octanol–water partition coefficient (Wildman–Crippen LogP) is 4.53. The van der Waals surface area contributed by atoms with Crippen LogP contribution in [-0.2, 0) is 0 Å². The third-order valence-corrected chi connectivity index (χ3v) is 4.10. The van der Waals surface area contributed by atoms with E-state index in [0.29, 0.717) is 28.5 Å². The highest BCUT2D eigenvalue weighted by atomic mass is 35.5. The number of benzene rings is 2. The molecule has 2 amide bonds. The second-order valence-corrected chi connectivity index (χ2v) is 6.18. The van der Waals surface area contributed by atoms with E-state index in [1.54, 1.807) is 24.4 Å². The molecule has 0 atom stereocenters. The van der Waals surface area contributed by atoms with Crippen molar-refractivity contribution >= 4 is 51.5 Å². The number of aromatic nitrogens is 4. The lowest BCUT2D eigenvalue weighted by Gasteiger charge is -2.10. The Kier molecular flexibility index (Phi) is 4.73. The number of nitrogens with one attached hydrogen (secondary N) is 4. The molecule has 10 heteroatoms. The van der Waals surface area contributed by atoms with Crippen molar-refractivity contribution in [2.75, 3.05) is 16.0 Å². The number of carbonyl (C=O) groups excluding carboxylic acids is 1. The van der Waals surface area contributed by atoms with Gasteiger partial charge >= 0.3 is 6.03 Å². The molecule has 4 N–H and O–H groups in total. The number of halogens is 2. The van der Waals surface area contributed by atoms with Crippen molar-refractivity contribution in [1.82, 2.24) is 20.2 Å². The third kappa shape index (κ3) is 3.84. The molecule has 0 bridgehead atoms. The first kappa shape index (κ1) is 17.7. The zero-order valence-electron chi connectivity index (χ0n) is 14.2. The number of carbonyl (C=O) groups is 1. The second-order valence-electron chi connectivity index (χ2n) is 5.77. The molecule has 0 radical (unpaired) electrons. The molecule has 0 saturated carbocycles. The standard InChI is InChI=1S/C18H13ClFN7O/c19-14-7-12(4-5-15(14)20)26-18(28)25-11-3-1-2-10(6-11)24-16-13-8-23-27-17(13)22-9-21-16/h1-9H,(H2,25,26,28)(H2,21,22,23,24,27). The minimum absolute atomic E-state index is 0.0700. The summed E-state index contributed by atoms with van der Waals surface area (Å²) >= 11 is 5.72. The fourth-order valence-electron chi connectivity index (χ4n) is 2.54. The molecule has 0 saturated heterocycles. The number of rotatable bonds is 4. The van der Waals surface area contributed by atoms with E-state index >= 15 is 0 Å². The number of nitrogens with zero attached hydrogens (tertiary/aromatic N) is 3. The van der Waals surface area contributed by atoms with Crippen LogP contribution in [0.2, 0.25) is 5.02 Å². The molecule has 2 heterocycles. The van der Waals surface area contributed by atoms with E-state index in [2.05, 4.69) is 36.1 Å². The Bertz CT molecular complexity index is 1160. The smallest absolute Gasteiger partial charge is 0.323 e. The van der Waals surface area contributed by atoms with E-state index in [1.165, 1.54) is 24.5 Å². The molecule has 0 aliphatic rings. The van der Waals surface area contributed by atoms with E-state index in [1.807, 2.05) is 6.07 Å². The molecule has 2 aromatic carbocycles. The SMILES string of the molecule is O=C(Nc1cccc(Nc2ncnc3[nH]ncc23)c1)Nc1ccc(F)c(Cl)c1. The topological polar surface area (TPSA) is 108 Å². The first-order valence-corrected chi connectivity index (χ1v) is 8.50. The Labute approximate surface area is 163 Å². The van der Waals surface area contributed by atoms with Crippen LogP contribution >= 0.6 is 11.6 Å². The van der Waals surface area contributed by atoms with E-state index in [4.69, 9.17) is 11.6 Å². The summed E-state index contributed by atoms with van der Waals surface area (Å²) in [5, 5.41) is 15.9. The maximum absolute atomic E-state index is 13.2. The van der Waals surface area contributed by atoms with Gasteiger partial charge in [0.15, 0.2) is 5.65 Å². The van der Waals surface area contributed by atoms with Gasteiger partial charge in [-0.1, -0.05) is 17.7 Å². The maximum atomic E-state index is 13.2. The average molecular weight is 398 g/mol. The van der Waals surface area contributed by atoms with Gasteiger partial charge in [-0.05, 0) is 36.4 Å². The summed E-state index contributed by atoms with van der Waals surface area (Å²) in [5.41, 5.74) is 2.25. The summed E-state index contributed by atoms with van der Waals surface area (Å²) in [4.78, 5) is 20.5. The van der Waals surface area contributed by atoms with Crippen molar-refractivity contribution < 1.29 is 9.18 Å². The largest absolute Gasteiger partial charge is 0.339 e. The summed E-state index contributed by atoms with van der Waals surface area (Å²) in [7, 11) is 0. The van der Waals surface area contributed by atoms with Gasteiger partial charge in [0.1, 0.15) is 18.0 Å². The van der Waals surface area contributed by atoms with Crippen molar-refractivity contribution in [1.29, 1.82) is 0 Å². The Morgan fingerprint density at radius 3 is 2.64 bits per heavy atom. The van der Waals surface area contributed by atoms with Gasteiger partial charge in [0, 0.05) is 17.1 Å². The summed E-state index contributed by atoms with van der Waals surface area (Å²) in [6, 6.07) is 10.5. The predicted molar refractivity (Wildman–Crippen MR) is 105 cm³/mol. The average Bonchev–Trinajstić information content (AvgIpc) is 3.15. The van der Waals surface area contributed by atoms with Crippen molar-refractivity contribution in [3.05, 3.63) is 65.8 Å². The molecule has 28 heavy (non-hydrogen) atoms. The van der Waals surface area contributed by atoms with Crippen LogP contribution < -0.4 is 16.0 Å². The lowest BCUT2D eigenvalue weighted by Crippen LogP contribution is -2.19. The zero-order valence-corrected chi connectivity index (χ0v) is 15.0. The number of hydrogen-bond acceptors (Lipinski definition) is 5. The third-order valence-electron chi connectivity index (χ3n) is 3.81. The molecule has 0 fully saturated rings. The second kappa shape index (κ2) is 7.49. The summed E-state index contributed by atoms with van der Waals surface area (Å²) in [6.45, 7) is 0. The molecular weight excluding hydrogens is 385 g/mol. The first-order chi connectivity index (χ1) is 13.6. The first-order valence-electron chi connectivity index (χ1n) is 8.13. The van der Waals surface area contributed by atoms with E-state index < -0.39 is 11.8 Å². The number of H-pyrrole nitrogens is 1. The molecule has 8 nitrogen and oxygen atoms in total. The van der Waals surface area contributed by atoms with Gasteiger partial charge in [-0.2, -0.15) is 5.10 Å². The molecule has 0 aliphatic heterocycles. The highest BCUT2D eigenvalue weighted by Gasteiger charge is 2.08. The van der Waals surface area contributed by atoms with Crippen molar-refractivity contribution in [3.63, 3.8) is 0 Å². The Morgan fingerprint density at radius 2 is 1.82 bits per heavy atom. The molecule has 140 valence electrons. The summed E-state index contributed by atoms with van der Waals surface area (Å²) < 4.78 is 13.2. The van der Waals surface area contributed by atoms with E-state index in [0.717, 1.165) is 5.39 Å². The van der Waals surface area contributed by atoms with Crippen molar-refractivity contribution in [2.45, 2.75) is 0 Å². The fourth-order valence-corrected chi connectivity index (χ4v) is 2.72. The minimum Gasteiger partial charge on any atom is -0.339 e. The number of hydrogen-bond donors (Lipinski definition) is 4. The molecule has 2 aromatic heterocycles. The van der Waals surface area contributed by atoms with Gasteiger partial charge in [-0.25, -0.2) is 19.2 Å². The van der Waals surface area contributed by atoms with Gasteiger partial charge in [0.2, 0.25) is 0 Å². The highest BCUT2D eigenvalue weighted by molar-refractivity contribution is 6.31. The minimum atomic E-state index is -0.553. The van der Waals surface area contributed by atoms with Crippen molar-refractivity contribution in [3.8, 4) is 0 Å². The number of aromatic amines is 1. The van der Waals surface area contributed by atoms with Gasteiger partial charge in [-0.3, -0.25) is 5.10 Å². The molecule has 4 rings (SSSR count). The quantitative estimate of drug-likeness (QED) is 0.404. The maximum Gasteiger partial charge on any atom is 0.323 e. The summed E-state index contributed by atoms with van der Waals surface area (Å²) in [5.74, 6) is 0.0316. The fraction of sp³-hybridized carbons (Fsp3) is 0. The number of amides is 2. The van der Waals surface area contributed by atoms with Gasteiger partial charge in [0.25, 0.3) is 0 Å². The van der Waals surface area contributed by atoms with Crippen LogP contribution in [0.5, 0.6) is 0 Å². The number of anilines is 4. The normalized spacial score (nSPS) is 10.6. The number of fused-ring (bicyclic) bond motifs is 1. The Morgan fingerprint density at radius 1 is 1.04 bits per heavy atom. The van der Waals surface area contributed by atoms with Crippen LogP contribution in [0.3, 0.4) is 0 Å². The Balaban J connectivity index is 1.47. The van der Waals surface area contributed by atoms with Crippen LogP contribution in [0.15, 0.2) is 55.0 Å². The van der Waals surface area contributed by atoms with Crippen LogP contribution in [0.4, 0.5) is 32.1 Å². The van der Waals surface area contributed by atoms with Crippen LogP contribution in [-0.4, -0.2) is 26.2 Å². The lowest BCUT2D eigenvalue weighted by molar-refractivity contribution is 0.262. The number of urea groups is 1. The zero-order chi connectivity index (χ0) is 19.5. The molecule has 0 spiro atoms. The molecule has 0 unspecified atom stereocenters. The van der Waals surface area contributed by atoms with Crippen LogP contribution in [0.1, 0.15) is 0 Å². The van der Waals surface area contributed by atoms with Gasteiger partial charge < -0.3 is 16.0 Å². The van der Waals surface area contributed by atoms with E-state index in [9.17, 15) is 9.18 Å². The van der Waals surface area contributed by atoms with Crippen molar-refractivity contribution in [2.24, 2.45) is 0 Å². The van der Waals surface area contributed by atoms with Crippen LogP contribution in [0, 0.1) is 5.82 Å². The monoisotopic (exact) mass is 397 g/mol. The molecule has 4 aromatic rings. The molecular formula is C18H13ClFN7O. The van der Waals surface area contributed by atoms with Gasteiger partial charge in [-0.15, -0.1) is 0 Å². The highest BCUT2D eigenvalue weighted by Crippen LogP contribution is 2.24. The van der Waals surface area contributed by atoms with E-state index in [-0.39, 0.29) is 5.02 Å².